The lowest BCUT2D eigenvalue weighted by Gasteiger charge is -2.26. The van der Waals surface area contributed by atoms with E-state index in [4.69, 9.17) is 14.6 Å². The van der Waals surface area contributed by atoms with E-state index in [1.807, 2.05) is 44.2 Å². The van der Waals surface area contributed by atoms with Gasteiger partial charge in [-0.05, 0) is 55.2 Å². The fourth-order valence-electron chi connectivity index (χ4n) is 4.80. The second-order valence-corrected chi connectivity index (χ2v) is 9.93. The molecule has 202 valence electrons. The van der Waals surface area contributed by atoms with E-state index in [1.165, 1.54) is 24.3 Å². The van der Waals surface area contributed by atoms with Gasteiger partial charge in [0.05, 0.1) is 35.2 Å². The highest BCUT2D eigenvalue weighted by Gasteiger charge is 2.30. The summed E-state index contributed by atoms with van der Waals surface area (Å²) in [7, 11) is 0. The summed E-state index contributed by atoms with van der Waals surface area (Å²) >= 11 is 0. The van der Waals surface area contributed by atoms with Crippen LogP contribution < -0.4 is 4.74 Å². The fourth-order valence-corrected chi connectivity index (χ4v) is 4.80. The third-order valence-corrected chi connectivity index (χ3v) is 6.71. The third kappa shape index (κ3) is 6.01. The van der Waals surface area contributed by atoms with Gasteiger partial charge in [0.15, 0.2) is 0 Å². The van der Waals surface area contributed by atoms with Crippen molar-refractivity contribution in [2.45, 2.75) is 45.3 Å². The number of hydrogen-bond donors (Lipinski definition) is 0. The Morgan fingerprint density at radius 2 is 1.85 bits per heavy atom. The standard InChI is InChI=1S/C31H31F2N3O3/c1-21(2)29-27(20-35(19-25-14-9-17-38-25)30(37)26-15-6-7-16-28(26)33)31(39-24-13-8-10-22(32)18-24)36(34-29)23-11-4-3-5-12-23/h3-8,10-13,15-16,18,21,25H,9,14,17,19-20H2,1-2H3/t25-/m0/s1. The van der Waals surface area contributed by atoms with Crippen LogP contribution in [0.3, 0.4) is 0 Å². The molecule has 0 saturated carbocycles. The van der Waals surface area contributed by atoms with Crippen molar-refractivity contribution in [2.24, 2.45) is 0 Å². The van der Waals surface area contributed by atoms with Crippen LogP contribution in [0.1, 0.15) is 54.2 Å². The highest BCUT2D eigenvalue weighted by atomic mass is 19.1. The summed E-state index contributed by atoms with van der Waals surface area (Å²) in [6.45, 7) is 5.05. The number of nitrogens with zero attached hydrogens (tertiary/aromatic N) is 3. The zero-order chi connectivity index (χ0) is 27.4. The maximum atomic E-state index is 14.7. The topological polar surface area (TPSA) is 56.6 Å². The number of carbonyl (C=O) groups excluding carboxylic acids is 1. The first kappa shape index (κ1) is 26.6. The minimum Gasteiger partial charge on any atom is -0.438 e. The maximum absolute atomic E-state index is 14.7. The molecule has 0 spiro atoms. The van der Waals surface area contributed by atoms with Crippen LogP contribution in [0.2, 0.25) is 0 Å². The number of amides is 1. The molecule has 2 heterocycles. The van der Waals surface area contributed by atoms with E-state index < -0.39 is 17.5 Å². The van der Waals surface area contributed by atoms with E-state index in [-0.39, 0.29) is 24.1 Å². The van der Waals surface area contributed by atoms with Crippen molar-refractivity contribution in [1.82, 2.24) is 14.7 Å². The Labute approximate surface area is 226 Å². The largest absolute Gasteiger partial charge is 0.438 e. The SMILES string of the molecule is CC(C)c1nn(-c2ccccc2)c(Oc2cccc(F)c2)c1CN(C[C@@H]1CCCO1)C(=O)c1ccccc1F. The summed E-state index contributed by atoms with van der Waals surface area (Å²) in [5, 5.41) is 4.89. The van der Waals surface area contributed by atoms with Crippen LogP contribution in [-0.2, 0) is 11.3 Å². The third-order valence-electron chi connectivity index (χ3n) is 6.71. The van der Waals surface area contributed by atoms with Crippen LogP contribution in [0.4, 0.5) is 8.78 Å². The summed E-state index contributed by atoms with van der Waals surface area (Å²) < 4.78 is 42.7. The number of halogens is 2. The molecule has 8 heteroatoms. The molecule has 0 aliphatic carbocycles. The van der Waals surface area contributed by atoms with Gasteiger partial charge >= 0.3 is 0 Å². The van der Waals surface area contributed by atoms with Crippen LogP contribution in [0, 0.1) is 11.6 Å². The van der Waals surface area contributed by atoms with E-state index in [2.05, 4.69) is 0 Å². The van der Waals surface area contributed by atoms with Crippen LogP contribution in [0.5, 0.6) is 11.6 Å². The molecular formula is C31H31F2N3O3. The molecule has 4 aromatic rings. The molecule has 1 aliphatic rings. The average Bonchev–Trinajstić information content (AvgIpc) is 3.57. The van der Waals surface area contributed by atoms with Crippen LogP contribution in [-0.4, -0.2) is 39.8 Å². The number of benzene rings is 3. The zero-order valence-corrected chi connectivity index (χ0v) is 22.0. The van der Waals surface area contributed by atoms with Gasteiger partial charge in [0.25, 0.3) is 5.91 Å². The molecule has 1 saturated heterocycles. The van der Waals surface area contributed by atoms with Crippen molar-refractivity contribution < 1.29 is 23.0 Å². The smallest absolute Gasteiger partial charge is 0.257 e. The van der Waals surface area contributed by atoms with Crippen LogP contribution in [0.25, 0.3) is 5.69 Å². The molecule has 1 aromatic heterocycles. The van der Waals surface area contributed by atoms with E-state index in [0.717, 1.165) is 24.2 Å². The van der Waals surface area contributed by atoms with Gasteiger partial charge in [0, 0.05) is 19.2 Å². The molecule has 1 fully saturated rings. The van der Waals surface area contributed by atoms with Crippen molar-refractivity contribution in [3.63, 3.8) is 0 Å². The molecule has 0 radical (unpaired) electrons. The molecule has 0 bridgehead atoms. The summed E-state index contributed by atoms with van der Waals surface area (Å²) in [5.74, 6) is -0.807. The summed E-state index contributed by atoms with van der Waals surface area (Å²) in [6, 6.07) is 21.3. The Kier molecular flexibility index (Phi) is 8.02. The number of para-hydroxylation sites is 1. The Balaban J connectivity index is 1.62. The van der Waals surface area contributed by atoms with E-state index >= 15 is 0 Å². The number of rotatable bonds is 9. The Bertz CT molecular complexity index is 1430. The molecule has 1 atom stereocenters. The molecule has 5 rings (SSSR count). The van der Waals surface area contributed by atoms with Gasteiger partial charge in [-0.25, -0.2) is 13.5 Å². The predicted octanol–water partition coefficient (Wildman–Crippen LogP) is 6.89. The predicted molar refractivity (Wildman–Crippen MR) is 144 cm³/mol. The van der Waals surface area contributed by atoms with E-state index in [9.17, 15) is 13.6 Å². The first-order valence-electron chi connectivity index (χ1n) is 13.2. The molecular weight excluding hydrogens is 500 g/mol. The van der Waals surface area contributed by atoms with Crippen molar-refractivity contribution in [1.29, 1.82) is 0 Å². The summed E-state index contributed by atoms with van der Waals surface area (Å²) in [4.78, 5) is 15.3. The van der Waals surface area contributed by atoms with Gasteiger partial charge in [-0.1, -0.05) is 50.2 Å². The van der Waals surface area contributed by atoms with Crippen molar-refractivity contribution >= 4 is 5.91 Å². The van der Waals surface area contributed by atoms with Gasteiger partial charge < -0.3 is 14.4 Å². The average molecular weight is 532 g/mol. The van der Waals surface area contributed by atoms with E-state index in [1.54, 1.807) is 33.8 Å². The normalized spacial score (nSPS) is 15.1. The van der Waals surface area contributed by atoms with E-state index in [0.29, 0.717) is 30.3 Å². The lowest BCUT2D eigenvalue weighted by atomic mass is 10.0. The minimum atomic E-state index is -0.583. The molecule has 0 N–H and O–H groups in total. The van der Waals surface area contributed by atoms with Crippen LogP contribution >= 0.6 is 0 Å². The number of aromatic nitrogens is 2. The van der Waals surface area contributed by atoms with Gasteiger partial charge in [-0.3, -0.25) is 4.79 Å². The number of ether oxygens (including phenoxy) is 2. The minimum absolute atomic E-state index is 0.00959. The van der Waals surface area contributed by atoms with Gasteiger partial charge in [0.2, 0.25) is 5.88 Å². The Hall–Kier alpha value is -4.04. The molecule has 3 aromatic carbocycles. The lowest BCUT2D eigenvalue weighted by Crippen LogP contribution is -2.37. The highest BCUT2D eigenvalue weighted by molar-refractivity contribution is 5.94. The molecule has 1 aliphatic heterocycles. The summed E-state index contributed by atoms with van der Waals surface area (Å²) in [6.07, 6.45) is 1.57. The number of hydrogen-bond acceptors (Lipinski definition) is 4. The second kappa shape index (κ2) is 11.8. The quantitative estimate of drug-likeness (QED) is 0.236. The monoisotopic (exact) mass is 531 g/mol. The second-order valence-electron chi connectivity index (χ2n) is 9.93. The first-order valence-corrected chi connectivity index (χ1v) is 13.2. The molecule has 0 unspecified atom stereocenters. The Morgan fingerprint density at radius 1 is 1.08 bits per heavy atom. The van der Waals surface area contributed by atoms with Gasteiger partial charge in [-0.15, -0.1) is 0 Å². The Morgan fingerprint density at radius 3 is 2.54 bits per heavy atom. The molecule has 39 heavy (non-hydrogen) atoms. The maximum Gasteiger partial charge on any atom is 0.257 e. The van der Waals surface area contributed by atoms with Crippen molar-refractivity contribution in [3.8, 4) is 17.3 Å². The lowest BCUT2D eigenvalue weighted by molar-refractivity contribution is 0.0501. The highest BCUT2D eigenvalue weighted by Crippen LogP contribution is 2.35. The fraction of sp³-hybridized carbons (Fsp3) is 0.290. The molecule has 6 nitrogen and oxygen atoms in total. The van der Waals surface area contributed by atoms with Crippen LogP contribution in [0.15, 0.2) is 78.9 Å². The zero-order valence-electron chi connectivity index (χ0n) is 22.0. The summed E-state index contributed by atoms with van der Waals surface area (Å²) in [5.41, 5.74) is 2.14. The van der Waals surface area contributed by atoms with Gasteiger partial charge in [-0.2, -0.15) is 5.10 Å². The molecule has 1 amide bonds. The van der Waals surface area contributed by atoms with Crippen molar-refractivity contribution in [2.75, 3.05) is 13.2 Å². The van der Waals surface area contributed by atoms with Gasteiger partial charge in [0.1, 0.15) is 17.4 Å². The number of carbonyl (C=O) groups is 1. The van der Waals surface area contributed by atoms with Crippen molar-refractivity contribution in [3.05, 3.63) is 107 Å². The first-order chi connectivity index (χ1) is 18.9.